The zero-order valence-corrected chi connectivity index (χ0v) is 78.1. The molecule has 0 spiro atoms. The molecule has 0 radical (unpaired) electrons. The molecule has 12 rings (SSSR count). The predicted molar refractivity (Wildman–Crippen MR) is 481 cm³/mol. The molecule has 0 aromatic heterocycles. The zero-order chi connectivity index (χ0) is 74.0. The average molecular weight is 2650 g/mol. The molecule has 12 aromatic rings. The summed E-state index contributed by atoms with van der Waals surface area (Å²) in [7, 11) is -2.56. The van der Waals surface area contributed by atoms with Gasteiger partial charge in [-0.15, -0.1) is 0 Å². The van der Waals surface area contributed by atoms with Crippen molar-refractivity contribution in [2.75, 3.05) is 42.7 Å². The lowest BCUT2D eigenvalue weighted by molar-refractivity contribution is -0.0504. The van der Waals surface area contributed by atoms with Gasteiger partial charge >= 0.3 is 31.3 Å². The number of hydrogen-bond donors (Lipinski definition) is 0. The number of methoxy groups -OCH3 is 6. The van der Waals surface area contributed by atoms with Crippen molar-refractivity contribution in [1.29, 1.82) is 0 Å². The van der Waals surface area contributed by atoms with Crippen LogP contribution in [0.15, 0.2) is 127 Å². The maximum Gasteiger partial charge on any atom is 0.534 e. The summed E-state index contributed by atoms with van der Waals surface area (Å²) in [6.07, 6.45) is 0. The molecule has 0 amide bonds. The van der Waals surface area contributed by atoms with Gasteiger partial charge in [0.25, 0.3) is 0 Å². The molecular weight excluding hydrogens is 2610 g/mol. The van der Waals surface area contributed by atoms with Crippen LogP contribution in [0.3, 0.4) is 0 Å². The van der Waals surface area contributed by atoms with Gasteiger partial charge in [0.2, 0.25) is 0 Å². The van der Waals surface area contributed by atoms with Gasteiger partial charge in [-0.1, -0.05) is 18.2 Å². The maximum atomic E-state index is 13.4. The van der Waals surface area contributed by atoms with Crippen molar-refractivity contribution >= 4 is 333 Å². The van der Waals surface area contributed by atoms with E-state index in [2.05, 4.69) is 233 Å². The topological polar surface area (TPSA) is 142 Å². The van der Waals surface area contributed by atoms with Gasteiger partial charge in [-0.3, -0.25) is 0 Å². The first-order chi connectivity index (χ1) is 47.4. The molecule has 0 aliphatic carbocycles. The van der Waals surface area contributed by atoms with E-state index >= 15 is 0 Å². The fraction of sp³-hybridized carbons (Fsp3) is 0.143. The van der Waals surface area contributed by atoms with Gasteiger partial charge in [0.1, 0.15) is 34.5 Å². The molecule has 101 heavy (non-hydrogen) atoms. The lowest BCUT2D eigenvalue weighted by Gasteiger charge is -2.22. The Hall–Kier alpha value is -1.89. The van der Waals surface area contributed by atoms with Crippen molar-refractivity contribution < 1.29 is 80.0 Å². The molecule has 0 saturated heterocycles. The van der Waals surface area contributed by atoms with Crippen molar-refractivity contribution in [3.63, 3.8) is 0 Å². The number of rotatable bonds is 13. The van der Waals surface area contributed by atoms with Crippen molar-refractivity contribution in [3.05, 3.63) is 178 Å². The van der Waals surface area contributed by atoms with Gasteiger partial charge in [0.15, 0.2) is 11.5 Å². The van der Waals surface area contributed by atoms with E-state index < -0.39 is 42.8 Å². The van der Waals surface area contributed by atoms with Gasteiger partial charge in [0.05, 0.1) is 42.7 Å². The number of hydrogen-bond acceptors (Lipinski definition) is 12. The highest BCUT2D eigenvalue weighted by Gasteiger charge is 2.50. The summed E-state index contributed by atoms with van der Waals surface area (Å²) in [5, 5.41) is 9.65. The molecule has 0 aliphatic heterocycles. The van der Waals surface area contributed by atoms with Crippen LogP contribution in [0.25, 0.3) is 98.0 Å². The van der Waals surface area contributed by atoms with E-state index in [9.17, 15) is 43.2 Å². The van der Waals surface area contributed by atoms with Gasteiger partial charge in [-0.2, -0.15) is 43.2 Å². The standard InChI is InChI=1S/C24H15F3I4O5S.C24H16F3I3O5S.C22H14I4O2/c1-10-4-11(28)5-13-15(30)8-17(34-2)22(20(10)13)23-18(35-3)9-16(31)14-6-12(29)7-19(21(14)23)36-37(32,33)24(25,26)27;1-11-6-13(29)8-16-18(35-36(31,32)24(25,26)27)10-20(34-3)23(21(11)16)22-14-5-4-12(28)7-15(14)17(30)9-19(22)33-2;1-27-19-9-17(25)15-7-11(23)3-5-13(15)21(19)22-14-6-4-12(24)8-16(14)18(26)10-20(22)28-2/h4-9H,1-3H3;4-10H,1-3H3;3-10H,1-2H3. The number of benzene rings is 12. The molecule has 0 N–H and O–H groups in total. The molecule has 0 bridgehead atoms. The molecule has 0 fully saturated rings. The lowest BCUT2D eigenvalue weighted by Crippen LogP contribution is -2.28. The Morgan fingerprint density at radius 2 is 0.525 bits per heavy atom. The first kappa shape index (κ1) is 81.6. The van der Waals surface area contributed by atoms with E-state index in [1.807, 2.05) is 123 Å². The highest BCUT2D eigenvalue weighted by atomic mass is 127. The molecule has 12 aromatic carbocycles. The van der Waals surface area contributed by atoms with Crippen LogP contribution in [0.1, 0.15) is 11.1 Å². The van der Waals surface area contributed by atoms with Gasteiger partial charge < -0.3 is 36.8 Å². The Kier molecular flexibility index (Phi) is 26.5. The molecule has 31 heteroatoms. The van der Waals surface area contributed by atoms with E-state index in [1.54, 1.807) is 39.3 Å². The van der Waals surface area contributed by atoms with Crippen LogP contribution >= 0.6 is 248 Å². The highest BCUT2D eigenvalue weighted by molar-refractivity contribution is 14.1. The fourth-order valence-corrected chi connectivity index (χ4v) is 19.8. The molecule has 528 valence electrons. The highest BCUT2D eigenvalue weighted by Crippen LogP contribution is 2.55. The van der Waals surface area contributed by atoms with E-state index in [0.29, 0.717) is 66.5 Å². The minimum Gasteiger partial charge on any atom is -0.496 e. The largest absolute Gasteiger partial charge is 0.534 e. The summed E-state index contributed by atoms with van der Waals surface area (Å²) in [5.41, 5.74) is -5.30. The van der Waals surface area contributed by atoms with E-state index in [-0.39, 0.29) is 16.5 Å². The molecule has 0 atom stereocenters. The van der Waals surface area contributed by atoms with E-state index in [0.717, 1.165) is 64.0 Å². The van der Waals surface area contributed by atoms with Crippen LogP contribution in [-0.4, -0.2) is 70.5 Å². The third-order valence-electron chi connectivity index (χ3n) is 15.8. The lowest BCUT2D eigenvalue weighted by atomic mass is 9.90. The van der Waals surface area contributed by atoms with Crippen molar-refractivity contribution in [2.24, 2.45) is 0 Å². The second kappa shape index (κ2) is 32.7. The molecule has 0 heterocycles. The molecule has 0 unspecified atom stereocenters. The predicted octanol–water partition coefficient (Wildman–Crippen LogP) is 24.8. The van der Waals surface area contributed by atoms with Crippen LogP contribution in [0.2, 0.25) is 0 Å². The third kappa shape index (κ3) is 16.7. The summed E-state index contributed by atoms with van der Waals surface area (Å²) in [5.74, 6) is 2.22. The van der Waals surface area contributed by atoms with Crippen LogP contribution in [-0.2, 0) is 20.2 Å². The van der Waals surface area contributed by atoms with Crippen LogP contribution in [0.4, 0.5) is 26.3 Å². The van der Waals surface area contributed by atoms with Crippen molar-refractivity contribution in [1.82, 2.24) is 0 Å². The third-order valence-corrected chi connectivity index (χ3v) is 26.1. The van der Waals surface area contributed by atoms with Crippen molar-refractivity contribution in [2.45, 2.75) is 24.9 Å². The first-order valence-electron chi connectivity index (χ1n) is 28.6. The quantitative estimate of drug-likeness (QED) is 0.0469. The van der Waals surface area contributed by atoms with Gasteiger partial charge in [0, 0.05) is 100 Å². The monoisotopic (exact) mass is 2650 g/mol. The summed E-state index contributed by atoms with van der Waals surface area (Å²) in [6, 6.07) is 40.3. The molecule has 12 nitrogen and oxygen atoms in total. The molecule has 0 saturated carbocycles. The van der Waals surface area contributed by atoms with Crippen LogP contribution in [0.5, 0.6) is 46.0 Å². The zero-order valence-electron chi connectivity index (χ0n) is 52.8. The minimum absolute atomic E-state index is 0.138. The van der Waals surface area contributed by atoms with Crippen LogP contribution < -0.4 is 36.8 Å². The Bertz CT molecular complexity index is 5560. The minimum atomic E-state index is -5.95. The Balaban J connectivity index is 0.000000165. The summed E-state index contributed by atoms with van der Waals surface area (Å²) < 4.78 is 182. The summed E-state index contributed by atoms with van der Waals surface area (Å²) in [4.78, 5) is 0. The average Bonchev–Trinajstić information content (AvgIpc) is 0.740. The van der Waals surface area contributed by atoms with E-state index in [4.69, 9.17) is 32.6 Å². The number of aryl methyl sites for hydroxylation is 2. The molecular formula is C70H45F6I11O12S2. The molecule has 0 aliphatic rings. The van der Waals surface area contributed by atoms with Crippen molar-refractivity contribution in [3.8, 4) is 79.4 Å². The summed E-state index contributed by atoms with van der Waals surface area (Å²) >= 11 is 24.4. The fourth-order valence-electron chi connectivity index (χ4n) is 11.7. The second-order valence-corrected chi connectivity index (χ2v) is 38.1. The number of halogens is 17. The van der Waals surface area contributed by atoms with Gasteiger partial charge in [-0.25, -0.2) is 0 Å². The summed E-state index contributed by atoms with van der Waals surface area (Å²) in [6.45, 7) is 3.72. The SMILES string of the molecule is COc1cc(I)c2cc(I)cc(C)c2c1-c1c(OC)cc(I)c2cc(I)cc(OS(=O)(=O)C(F)(F)F)c12.COc1cc(I)c2cc(I)ccc2c1-c1c(OC)cc(I)c2cc(I)ccc12.COc1cc(I)c2cc(I)ccc2c1-c1c(OC)cc(OS(=O)(=O)C(F)(F)F)c2cc(I)cc(C)c12. The Morgan fingerprint density at radius 3 is 0.881 bits per heavy atom. The number of fused-ring (bicyclic) bond motifs is 6. The first-order valence-corrected chi connectivity index (χ1v) is 43.3. The maximum absolute atomic E-state index is 13.4. The van der Waals surface area contributed by atoms with Gasteiger partial charge in [-0.05, 0) is 420 Å². The normalized spacial score (nSPS) is 12.0. The van der Waals surface area contributed by atoms with E-state index in [1.165, 1.54) is 76.4 Å². The van der Waals surface area contributed by atoms with Crippen LogP contribution in [0, 0.1) is 53.1 Å². The second-order valence-electron chi connectivity index (χ2n) is 21.8. The Morgan fingerprint density at radius 1 is 0.267 bits per heavy atom. The Labute approximate surface area is 726 Å². The number of alkyl halides is 6. The number of ether oxygens (including phenoxy) is 6. The smallest absolute Gasteiger partial charge is 0.496 e.